The van der Waals surface area contributed by atoms with Crippen LogP contribution in [-0.4, -0.2) is 18.3 Å². The second-order valence-corrected chi connectivity index (χ2v) is 7.57. The van der Waals surface area contributed by atoms with E-state index < -0.39 is 0 Å². The average Bonchev–Trinajstić information content (AvgIpc) is 2.60. The lowest BCUT2D eigenvalue weighted by atomic mass is 10.2. The van der Waals surface area contributed by atoms with E-state index in [9.17, 15) is 4.79 Å². The SMILES string of the molecule is COc1ccccc1CNC(=O)C(C)SC(C)c1ccccc1Cl. The monoisotopic (exact) mass is 363 g/mol. The van der Waals surface area contributed by atoms with Crippen molar-refractivity contribution in [2.45, 2.75) is 30.9 Å². The molecule has 5 heteroatoms. The molecule has 0 saturated heterocycles. The van der Waals surface area contributed by atoms with Crippen molar-refractivity contribution >= 4 is 29.3 Å². The first-order valence-electron chi connectivity index (χ1n) is 7.82. The highest BCUT2D eigenvalue weighted by atomic mass is 35.5. The molecule has 2 aromatic carbocycles. The van der Waals surface area contributed by atoms with Gasteiger partial charge < -0.3 is 10.1 Å². The molecule has 2 rings (SSSR count). The number of ether oxygens (including phenoxy) is 1. The van der Waals surface area contributed by atoms with Crippen LogP contribution in [0, 0.1) is 0 Å². The average molecular weight is 364 g/mol. The number of thioether (sulfide) groups is 1. The standard InChI is InChI=1S/C19H22ClNO2S/c1-13(16-9-5-6-10-17(16)20)24-14(2)19(22)21-12-15-8-4-7-11-18(15)23-3/h4-11,13-14H,12H2,1-3H3,(H,21,22). The third-order valence-electron chi connectivity index (χ3n) is 3.77. The summed E-state index contributed by atoms with van der Waals surface area (Å²) < 4.78 is 5.30. The number of hydrogen-bond donors (Lipinski definition) is 1. The van der Waals surface area contributed by atoms with E-state index in [4.69, 9.17) is 16.3 Å². The van der Waals surface area contributed by atoms with Crippen molar-refractivity contribution in [3.63, 3.8) is 0 Å². The molecular formula is C19H22ClNO2S. The summed E-state index contributed by atoms with van der Waals surface area (Å²) in [6.45, 7) is 4.43. The highest BCUT2D eigenvalue weighted by molar-refractivity contribution is 8.00. The first kappa shape index (κ1) is 18.7. The Bertz CT molecular complexity index is 693. The second kappa shape index (κ2) is 9.00. The number of halogens is 1. The zero-order chi connectivity index (χ0) is 17.5. The van der Waals surface area contributed by atoms with Crippen molar-refractivity contribution < 1.29 is 9.53 Å². The smallest absolute Gasteiger partial charge is 0.233 e. The first-order chi connectivity index (χ1) is 11.5. The van der Waals surface area contributed by atoms with Crippen LogP contribution in [0.5, 0.6) is 5.75 Å². The Hall–Kier alpha value is -1.65. The highest BCUT2D eigenvalue weighted by Gasteiger charge is 2.19. The fourth-order valence-electron chi connectivity index (χ4n) is 2.42. The van der Waals surface area contributed by atoms with Gasteiger partial charge in [-0.25, -0.2) is 0 Å². The maximum absolute atomic E-state index is 12.4. The third kappa shape index (κ3) is 4.92. The van der Waals surface area contributed by atoms with E-state index in [2.05, 4.69) is 12.2 Å². The van der Waals surface area contributed by atoms with Gasteiger partial charge in [0.2, 0.25) is 5.91 Å². The van der Waals surface area contributed by atoms with Gasteiger partial charge in [-0.05, 0) is 31.5 Å². The second-order valence-electron chi connectivity index (χ2n) is 5.47. The zero-order valence-corrected chi connectivity index (χ0v) is 15.7. The molecule has 2 atom stereocenters. The number of carbonyl (C=O) groups excluding carboxylic acids is 1. The largest absolute Gasteiger partial charge is 0.496 e. The molecule has 128 valence electrons. The van der Waals surface area contributed by atoms with E-state index in [1.165, 1.54) is 0 Å². The number of rotatable bonds is 7. The highest BCUT2D eigenvalue weighted by Crippen LogP contribution is 2.35. The lowest BCUT2D eigenvalue weighted by molar-refractivity contribution is -0.120. The lowest BCUT2D eigenvalue weighted by Gasteiger charge is -2.18. The minimum Gasteiger partial charge on any atom is -0.496 e. The molecule has 0 aliphatic rings. The molecule has 0 fully saturated rings. The minimum atomic E-state index is -0.175. The molecule has 0 radical (unpaired) electrons. The van der Waals surface area contributed by atoms with E-state index in [1.54, 1.807) is 18.9 Å². The molecule has 0 heterocycles. The summed E-state index contributed by atoms with van der Waals surface area (Å²) in [7, 11) is 1.63. The maximum atomic E-state index is 12.4. The fourth-order valence-corrected chi connectivity index (χ4v) is 3.96. The molecule has 0 aliphatic carbocycles. The molecule has 2 unspecified atom stereocenters. The minimum absolute atomic E-state index is 0.00445. The number of methoxy groups -OCH3 is 1. The Kier molecular flexibility index (Phi) is 7.00. The van der Waals surface area contributed by atoms with Gasteiger partial charge in [-0.1, -0.05) is 48.0 Å². The normalized spacial score (nSPS) is 13.2. The number of para-hydroxylation sites is 1. The molecule has 0 aliphatic heterocycles. The van der Waals surface area contributed by atoms with Crippen molar-refractivity contribution in [1.29, 1.82) is 0 Å². The Morgan fingerprint density at radius 2 is 1.83 bits per heavy atom. The van der Waals surface area contributed by atoms with Gasteiger partial charge in [0, 0.05) is 22.4 Å². The number of hydrogen-bond acceptors (Lipinski definition) is 3. The summed E-state index contributed by atoms with van der Waals surface area (Å²) in [4.78, 5) is 12.4. The molecule has 0 bridgehead atoms. The number of carbonyl (C=O) groups is 1. The van der Waals surface area contributed by atoms with Crippen LogP contribution in [0.4, 0.5) is 0 Å². The Balaban J connectivity index is 1.91. The molecule has 0 spiro atoms. The van der Waals surface area contributed by atoms with Crippen molar-refractivity contribution in [1.82, 2.24) is 5.32 Å². The summed E-state index contributed by atoms with van der Waals surface area (Å²) in [6, 6.07) is 15.4. The molecule has 24 heavy (non-hydrogen) atoms. The van der Waals surface area contributed by atoms with Gasteiger partial charge in [-0.2, -0.15) is 0 Å². The van der Waals surface area contributed by atoms with Crippen LogP contribution in [0.3, 0.4) is 0 Å². The Morgan fingerprint density at radius 1 is 1.17 bits per heavy atom. The van der Waals surface area contributed by atoms with Crippen LogP contribution in [0.2, 0.25) is 5.02 Å². The summed E-state index contributed by atoms with van der Waals surface area (Å²) in [6.07, 6.45) is 0. The van der Waals surface area contributed by atoms with Crippen LogP contribution in [-0.2, 0) is 11.3 Å². The predicted octanol–water partition coefficient (Wildman–Crippen LogP) is 4.85. The summed E-state index contributed by atoms with van der Waals surface area (Å²) in [5, 5.41) is 3.68. The third-order valence-corrected chi connectivity index (χ3v) is 5.39. The molecule has 1 amide bonds. The predicted molar refractivity (Wildman–Crippen MR) is 102 cm³/mol. The van der Waals surface area contributed by atoms with Crippen molar-refractivity contribution in [3.8, 4) is 5.75 Å². The van der Waals surface area contributed by atoms with Gasteiger partial charge in [0.15, 0.2) is 0 Å². The molecule has 0 saturated carbocycles. The molecule has 2 aromatic rings. The van der Waals surface area contributed by atoms with Crippen LogP contribution < -0.4 is 10.1 Å². The quantitative estimate of drug-likeness (QED) is 0.764. The first-order valence-corrected chi connectivity index (χ1v) is 9.14. The fraction of sp³-hybridized carbons (Fsp3) is 0.316. The van der Waals surface area contributed by atoms with Crippen LogP contribution in [0.25, 0.3) is 0 Å². The summed E-state index contributed by atoms with van der Waals surface area (Å²) in [5.74, 6) is 0.785. The van der Waals surface area contributed by atoms with Crippen molar-refractivity contribution in [2.75, 3.05) is 7.11 Å². The van der Waals surface area contributed by atoms with Crippen LogP contribution >= 0.6 is 23.4 Å². The van der Waals surface area contributed by atoms with Gasteiger partial charge in [-0.15, -0.1) is 11.8 Å². The number of nitrogens with one attached hydrogen (secondary N) is 1. The van der Waals surface area contributed by atoms with E-state index in [0.29, 0.717) is 6.54 Å². The molecule has 3 nitrogen and oxygen atoms in total. The zero-order valence-electron chi connectivity index (χ0n) is 14.1. The van der Waals surface area contributed by atoms with Crippen molar-refractivity contribution in [2.24, 2.45) is 0 Å². The molecular weight excluding hydrogens is 342 g/mol. The lowest BCUT2D eigenvalue weighted by Crippen LogP contribution is -2.31. The summed E-state index contributed by atoms with van der Waals surface area (Å²) in [5.41, 5.74) is 2.01. The summed E-state index contributed by atoms with van der Waals surface area (Å²) >= 11 is 7.82. The van der Waals surface area contributed by atoms with Gasteiger partial charge in [0.1, 0.15) is 5.75 Å². The van der Waals surface area contributed by atoms with Gasteiger partial charge in [-0.3, -0.25) is 4.79 Å². The van der Waals surface area contributed by atoms with E-state index in [1.807, 2.05) is 55.5 Å². The van der Waals surface area contributed by atoms with E-state index >= 15 is 0 Å². The number of amides is 1. The topological polar surface area (TPSA) is 38.3 Å². The van der Waals surface area contributed by atoms with Gasteiger partial charge >= 0.3 is 0 Å². The van der Waals surface area contributed by atoms with Crippen LogP contribution in [0.15, 0.2) is 48.5 Å². The van der Waals surface area contributed by atoms with Gasteiger partial charge in [0.05, 0.1) is 12.4 Å². The Morgan fingerprint density at radius 3 is 2.54 bits per heavy atom. The van der Waals surface area contributed by atoms with Gasteiger partial charge in [0.25, 0.3) is 0 Å². The van der Waals surface area contributed by atoms with E-state index in [0.717, 1.165) is 21.9 Å². The van der Waals surface area contributed by atoms with E-state index in [-0.39, 0.29) is 16.4 Å². The van der Waals surface area contributed by atoms with Crippen molar-refractivity contribution in [3.05, 3.63) is 64.7 Å². The molecule has 1 N–H and O–H groups in total. The maximum Gasteiger partial charge on any atom is 0.233 e. The van der Waals surface area contributed by atoms with Crippen LogP contribution in [0.1, 0.15) is 30.2 Å². The Labute approximate surface area is 152 Å². The number of benzene rings is 2. The molecule has 0 aromatic heterocycles.